The fraction of sp³-hybridized carbons (Fsp3) is 0.500. The van der Waals surface area contributed by atoms with E-state index in [1.165, 1.54) is 12.5 Å². The Balaban J connectivity index is 2.47. The van der Waals surface area contributed by atoms with E-state index in [1.807, 2.05) is 0 Å². The van der Waals surface area contributed by atoms with Crippen molar-refractivity contribution in [3.8, 4) is 0 Å². The quantitative estimate of drug-likeness (QED) is 0.714. The van der Waals surface area contributed by atoms with E-state index in [1.54, 1.807) is 13.2 Å². The molecule has 0 fully saturated rings. The van der Waals surface area contributed by atoms with Gasteiger partial charge in [0.2, 0.25) is 0 Å². The fourth-order valence-corrected chi connectivity index (χ4v) is 1.26. The first-order valence-corrected chi connectivity index (χ1v) is 4.80. The smallest absolute Gasteiger partial charge is 0.254 e. The van der Waals surface area contributed by atoms with E-state index in [9.17, 15) is 4.79 Å². The molecular weight excluding hydrogens is 196 g/mol. The van der Waals surface area contributed by atoms with Crippen LogP contribution in [0.1, 0.15) is 16.8 Å². The molecule has 1 atom stereocenters. The van der Waals surface area contributed by atoms with E-state index < -0.39 is 0 Å². The Kier molecular flexibility index (Phi) is 4.86. The number of nitrogens with one attached hydrogen (secondary N) is 1. The summed E-state index contributed by atoms with van der Waals surface area (Å²) < 4.78 is 9.80. The maximum Gasteiger partial charge on any atom is 0.254 e. The van der Waals surface area contributed by atoms with Crippen LogP contribution in [0, 0.1) is 0 Å². The molecule has 5 heteroatoms. The number of carbonyl (C=O) groups excluding carboxylic acids is 1. The van der Waals surface area contributed by atoms with E-state index in [-0.39, 0.29) is 11.9 Å². The predicted octanol–water partition coefficient (Wildman–Crippen LogP) is 0.373. The van der Waals surface area contributed by atoms with Crippen LogP contribution < -0.4 is 11.1 Å². The molecule has 5 nitrogen and oxygen atoms in total. The molecule has 0 saturated carbocycles. The van der Waals surface area contributed by atoms with Crippen molar-refractivity contribution in [2.45, 2.75) is 12.5 Å². The molecule has 0 aliphatic rings. The number of furan rings is 1. The van der Waals surface area contributed by atoms with Crippen LogP contribution in [-0.2, 0) is 4.74 Å². The van der Waals surface area contributed by atoms with Crippen molar-refractivity contribution >= 4 is 5.91 Å². The molecule has 0 bridgehead atoms. The van der Waals surface area contributed by atoms with Crippen LogP contribution in [0.3, 0.4) is 0 Å². The van der Waals surface area contributed by atoms with Gasteiger partial charge in [0.15, 0.2) is 0 Å². The summed E-state index contributed by atoms with van der Waals surface area (Å²) in [6.07, 6.45) is 3.56. The molecule has 0 aromatic carbocycles. The Hall–Kier alpha value is -1.33. The number of nitrogens with two attached hydrogens (primary N) is 1. The topological polar surface area (TPSA) is 77.5 Å². The SMILES string of the molecule is COCC(CCN)NC(=O)c1ccoc1. The summed E-state index contributed by atoms with van der Waals surface area (Å²) in [4.78, 5) is 11.6. The van der Waals surface area contributed by atoms with Gasteiger partial charge in [-0.15, -0.1) is 0 Å². The van der Waals surface area contributed by atoms with Crippen LogP contribution in [0.25, 0.3) is 0 Å². The molecule has 1 unspecified atom stereocenters. The largest absolute Gasteiger partial charge is 0.472 e. The number of carbonyl (C=O) groups is 1. The fourth-order valence-electron chi connectivity index (χ4n) is 1.26. The molecule has 15 heavy (non-hydrogen) atoms. The van der Waals surface area contributed by atoms with Gasteiger partial charge in [-0.3, -0.25) is 4.79 Å². The number of amides is 1. The van der Waals surface area contributed by atoms with Gasteiger partial charge >= 0.3 is 0 Å². The molecule has 1 heterocycles. The zero-order chi connectivity index (χ0) is 11.1. The summed E-state index contributed by atoms with van der Waals surface area (Å²) in [7, 11) is 1.59. The van der Waals surface area contributed by atoms with Crippen LogP contribution in [0.2, 0.25) is 0 Å². The number of methoxy groups -OCH3 is 1. The molecule has 0 radical (unpaired) electrons. The van der Waals surface area contributed by atoms with Crippen LogP contribution in [0.4, 0.5) is 0 Å². The van der Waals surface area contributed by atoms with E-state index >= 15 is 0 Å². The molecule has 0 saturated heterocycles. The van der Waals surface area contributed by atoms with Crippen LogP contribution in [0.5, 0.6) is 0 Å². The third-order valence-electron chi connectivity index (χ3n) is 2.00. The molecule has 3 N–H and O–H groups in total. The predicted molar refractivity (Wildman–Crippen MR) is 55.5 cm³/mol. The minimum absolute atomic E-state index is 0.0533. The second-order valence-electron chi connectivity index (χ2n) is 3.22. The molecule has 1 aromatic heterocycles. The van der Waals surface area contributed by atoms with E-state index in [0.29, 0.717) is 25.1 Å². The first-order valence-electron chi connectivity index (χ1n) is 4.80. The number of ether oxygens (including phenoxy) is 1. The Bertz CT molecular complexity index is 279. The normalized spacial score (nSPS) is 12.4. The highest BCUT2D eigenvalue weighted by Crippen LogP contribution is 2.01. The van der Waals surface area contributed by atoms with Gasteiger partial charge in [-0.25, -0.2) is 0 Å². The first kappa shape index (κ1) is 11.7. The summed E-state index contributed by atoms with van der Waals surface area (Å²) >= 11 is 0. The minimum atomic E-state index is -0.167. The molecule has 1 amide bonds. The van der Waals surface area contributed by atoms with Crippen LogP contribution >= 0.6 is 0 Å². The zero-order valence-electron chi connectivity index (χ0n) is 8.73. The third kappa shape index (κ3) is 3.73. The molecule has 1 rings (SSSR count). The minimum Gasteiger partial charge on any atom is -0.472 e. The maximum absolute atomic E-state index is 11.6. The van der Waals surface area contributed by atoms with Crippen LogP contribution in [0.15, 0.2) is 23.0 Å². The summed E-state index contributed by atoms with van der Waals surface area (Å²) in [6.45, 7) is 0.973. The Labute approximate surface area is 88.6 Å². The Morgan fingerprint density at radius 1 is 1.73 bits per heavy atom. The molecule has 0 aliphatic carbocycles. The second-order valence-corrected chi connectivity index (χ2v) is 3.22. The number of hydrogen-bond donors (Lipinski definition) is 2. The van der Waals surface area contributed by atoms with Gasteiger partial charge in [0, 0.05) is 7.11 Å². The third-order valence-corrected chi connectivity index (χ3v) is 2.00. The van der Waals surface area contributed by atoms with Crippen molar-refractivity contribution < 1.29 is 13.9 Å². The van der Waals surface area contributed by atoms with Crippen molar-refractivity contribution in [3.05, 3.63) is 24.2 Å². The van der Waals surface area contributed by atoms with Gasteiger partial charge in [0.1, 0.15) is 6.26 Å². The highest BCUT2D eigenvalue weighted by molar-refractivity contribution is 5.93. The Morgan fingerprint density at radius 2 is 2.53 bits per heavy atom. The first-order chi connectivity index (χ1) is 7.27. The maximum atomic E-state index is 11.6. The summed E-state index contributed by atoms with van der Waals surface area (Å²) in [5.41, 5.74) is 5.94. The lowest BCUT2D eigenvalue weighted by Gasteiger charge is -2.16. The molecule has 0 aliphatic heterocycles. The average Bonchev–Trinajstić information content (AvgIpc) is 2.71. The number of rotatable bonds is 6. The lowest BCUT2D eigenvalue weighted by Crippen LogP contribution is -2.39. The summed E-state index contributed by atoms with van der Waals surface area (Å²) in [5, 5.41) is 2.82. The van der Waals surface area contributed by atoms with Crippen LogP contribution in [-0.4, -0.2) is 32.2 Å². The second kappa shape index (κ2) is 6.21. The Morgan fingerprint density at radius 3 is 3.07 bits per heavy atom. The van der Waals surface area contributed by atoms with E-state index in [2.05, 4.69) is 5.32 Å². The van der Waals surface area contributed by atoms with Crippen molar-refractivity contribution in [3.63, 3.8) is 0 Å². The van der Waals surface area contributed by atoms with Crippen molar-refractivity contribution in [1.29, 1.82) is 0 Å². The lowest BCUT2D eigenvalue weighted by molar-refractivity contribution is 0.0893. The van der Waals surface area contributed by atoms with Gasteiger partial charge in [0.05, 0.1) is 24.5 Å². The standard InChI is InChI=1S/C10H16N2O3/c1-14-7-9(2-4-11)12-10(13)8-3-5-15-6-8/h3,5-6,9H,2,4,7,11H2,1H3,(H,12,13). The van der Waals surface area contributed by atoms with E-state index in [4.69, 9.17) is 14.9 Å². The average molecular weight is 212 g/mol. The van der Waals surface area contributed by atoms with Gasteiger partial charge in [-0.05, 0) is 19.0 Å². The summed E-state index contributed by atoms with van der Waals surface area (Å²) in [6, 6.07) is 1.56. The van der Waals surface area contributed by atoms with Crippen molar-refractivity contribution in [2.75, 3.05) is 20.3 Å². The van der Waals surface area contributed by atoms with Gasteiger partial charge < -0.3 is 20.2 Å². The van der Waals surface area contributed by atoms with Crippen molar-refractivity contribution in [2.24, 2.45) is 5.73 Å². The van der Waals surface area contributed by atoms with Gasteiger partial charge in [-0.2, -0.15) is 0 Å². The van der Waals surface area contributed by atoms with Crippen molar-refractivity contribution in [1.82, 2.24) is 5.32 Å². The number of hydrogen-bond acceptors (Lipinski definition) is 4. The highest BCUT2D eigenvalue weighted by Gasteiger charge is 2.13. The monoisotopic (exact) mass is 212 g/mol. The molecule has 1 aromatic rings. The van der Waals surface area contributed by atoms with E-state index in [0.717, 1.165) is 0 Å². The summed E-state index contributed by atoms with van der Waals surface area (Å²) in [5.74, 6) is -0.167. The molecule has 84 valence electrons. The highest BCUT2D eigenvalue weighted by atomic mass is 16.5. The van der Waals surface area contributed by atoms with Gasteiger partial charge in [-0.1, -0.05) is 0 Å². The van der Waals surface area contributed by atoms with Gasteiger partial charge in [0.25, 0.3) is 5.91 Å². The zero-order valence-corrected chi connectivity index (χ0v) is 8.73. The molecular formula is C10H16N2O3. The lowest BCUT2D eigenvalue weighted by atomic mass is 10.2. The molecule has 0 spiro atoms.